The second-order valence-electron chi connectivity index (χ2n) is 5.23. The Hall–Kier alpha value is -1.88. The number of nitrogens with zero attached hydrogens (tertiary/aromatic N) is 2. The molecule has 1 aliphatic heterocycles. The summed E-state index contributed by atoms with van der Waals surface area (Å²) in [6.45, 7) is 4.74. The summed E-state index contributed by atoms with van der Waals surface area (Å²) >= 11 is 0. The van der Waals surface area contributed by atoms with Crippen molar-refractivity contribution in [3.63, 3.8) is 0 Å². The fourth-order valence-electron chi connectivity index (χ4n) is 2.90. The minimum absolute atomic E-state index is 0.109. The quantitative estimate of drug-likeness (QED) is 0.895. The average molecular weight is 272 g/mol. The second kappa shape index (κ2) is 5.63. The Morgan fingerprint density at radius 3 is 3.15 bits per heavy atom. The van der Waals surface area contributed by atoms with Crippen molar-refractivity contribution in [3.05, 3.63) is 30.1 Å². The molecule has 0 radical (unpaired) electrons. The number of piperidine rings is 1. The zero-order chi connectivity index (χ0) is 13.9. The van der Waals surface area contributed by atoms with Crippen LogP contribution >= 0.6 is 0 Å². The Labute approximate surface area is 118 Å². The maximum atomic E-state index is 12.7. The zero-order valence-corrected chi connectivity index (χ0v) is 11.7. The standard InChI is InChI=1S/C15H20N4O/c1-2-19(12-4-3-7-16-9-12)15(20)11-5-6-13-14(8-11)18-10-17-13/h5-6,8,10,12,16H,2-4,7,9H2,1H3,(H,17,18). The predicted molar refractivity (Wildman–Crippen MR) is 78.7 cm³/mol. The number of imidazole rings is 1. The fourth-order valence-corrected chi connectivity index (χ4v) is 2.90. The molecule has 5 nitrogen and oxygen atoms in total. The summed E-state index contributed by atoms with van der Waals surface area (Å²) in [6.07, 6.45) is 3.87. The molecule has 20 heavy (non-hydrogen) atoms. The molecule has 0 aliphatic carbocycles. The van der Waals surface area contributed by atoms with Gasteiger partial charge < -0.3 is 15.2 Å². The normalized spacial score (nSPS) is 19.1. The van der Waals surface area contributed by atoms with Crippen molar-refractivity contribution in [2.45, 2.75) is 25.8 Å². The van der Waals surface area contributed by atoms with E-state index in [9.17, 15) is 4.79 Å². The van der Waals surface area contributed by atoms with E-state index in [0.717, 1.165) is 49.1 Å². The molecule has 0 bridgehead atoms. The highest BCUT2D eigenvalue weighted by Gasteiger charge is 2.25. The molecule has 3 rings (SSSR count). The van der Waals surface area contributed by atoms with E-state index in [0.29, 0.717) is 6.04 Å². The number of amides is 1. The molecule has 1 fully saturated rings. The third-order valence-electron chi connectivity index (χ3n) is 3.98. The molecule has 1 aliphatic rings. The van der Waals surface area contributed by atoms with Crippen LogP contribution in [-0.2, 0) is 0 Å². The molecule has 5 heteroatoms. The lowest BCUT2D eigenvalue weighted by Crippen LogP contribution is -2.48. The van der Waals surface area contributed by atoms with Crippen LogP contribution in [0, 0.1) is 0 Å². The van der Waals surface area contributed by atoms with Crippen LogP contribution in [0.1, 0.15) is 30.1 Å². The Balaban J connectivity index is 1.84. The topological polar surface area (TPSA) is 61.0 Å². The Bertz CT molecular complexity index is 601. The largest absolute Gasteiger partial charge is 0.345 e. The van der Waals surface area contributed by atoms with Crippen LogP contribution in [0.5, 0.6) is 0 Å². The molecule has 2 aromatic rings. The van der Waals surface area contributed by atoms with E-state index in [1.807, 2.05) is 30.0 Å². The van der Waals surface area contributed by atoms with E-state index in [1.54, 1.807) is 6.33 Å². The monoisotopic (exact) mass is 272 g/mol. The number of fused-ring (bicyclic) bond motifs is 1. The van der Waals surface area contributed by atoms with Gasteiger partial charge in [-0.25, -0.2) is 4.98 Å². The van der Waals surface area contributed by atoms with Gasteiger partial charge in [0.05, 0.1) is 17.4 Å². The zero-order valence-electron chi connectivity index (χ0n) is 11.7. The van der Waals surface area contributed by atoms with Gasteiger partial charge >= 0.3 is 0 Å². The van der Waals surface area contributed by atoms with Gasteiger partial charge in [-0.1, -0.05) is 0 Å². The van der Waals surface area contributed by atoms with Crippen LogP contribution in [-0.4, -0.2) is 46.5 Å². The van der Waals surface area contributed by atoms with E-state index in [4.69, 9.17) is 0 Å². The van der Waals surface area contributed by atoms with Crippen molar-refractivity contribution >= 4 is 16.9 Å². The van der Waals surface area contributed by atoms with Gasteiger partial charge in [-0.15, -0.1) is 0 Å². The van der Waals surface area contributed by atoms with Gasteiger partial charge in [-0.3, -0.25) is 4.79 Å². The lowest BCUT2D eigenvalue weighted by molar-refractivity contribution is 0.0662. The van der Waals surface area contributed by atoms with Crippen LogP contribution < -0.4 is 5.32 Å². The van der Waals surface area contributed by atoms with E-state index in [-0.39, 0.29) is 5.91 Å². The van der Waals surface area contributed by atoms with Gasteiger partial charge in [-0.05, 0) is 44.5 Å². The second-order valence-corrected chi connectivity index (χ2v) is 5.23. The first-order valence-corrected chi connectivity index (χ1v) is 7.24. The number of rotatable bonds is 3. The number of carbonyl (C=O) groups excluding carboxylic acids is 1. The number of carbonyl (C=O) groups is 1. The van der Waals surface area contributed by atoms with Crippen molar-refractivity contribution in [1.29, 1.82) is 0 Å². The highest BCUT2D eigenvalue weighted by atomic mass is 16.2. The average Bonchev–Trinajstić information content (AvgIpc) is 2.96. The molecule has 1 saturated heterocycles. The number of H-pyrrole nitrogens is 1. The predicted octanol–water partition coefficient (Wildman–Crippen LogP) is 1.78. The van der Waals surface area contributed by atoms with Crippen molar-refractivity contribution in [1.82, 2.24) is 20.2 Å². The SMILES string of the molecule is CCN(C(=O)c1ccc2nc[nH]c2c1)C1CCCNC1. The molecular formula is C15H20N4O. The van der Waals surface area contributed by atoms with Crippen molar-refractivity contribution in [2.24, 2.45) is 0 Å². The number of aromatic nitrogens is 2. The minimum atomic E-state index is 0.109. The van der Waals surface area contributed by atoms with Crippen LogP contribution in [0.3, 0.4) is 0 Å². The van der Waals surface area contributed by atoms with Crippen LogP contribution in [0.2, 0.25) is 0 Å². The number of nitrogens with one attached hydrogen (secondary N) is 2. The van der Waals surface area contributed by atoms with Crippen LogP contribution in [0.15, 0.2) is 24.5 Å². The minimum Gasteiger partial charge on any atom is -0.345 e. The van der Waals surface area contributed by atoms with Gasteiger partial charge in [0.1, 0.15) is 0 Å². The highest BCUT2D eigenvalue weighted by molar-refractivity contribution is 5.97. The Morgan fingerprint density at radius 1 is 1.50 bits per heavy atom. The lowest BCUT2D eigenvalue weighted by atomic mass is 10.0. The Kier molecular flexibility index (Phi) is 3.69. The smallest absolute Gasteiger partial charge is 0.254 e. The van der Waals surface area contributed by atoms with Crippen molar-refractivity contribution < 1.29 is 4.79 Å². The van der Waals surface area contributed by atoms with E-state index < -0.39 is 0 Å². The number of benzene rings is 1. The molecule has 1 atom stereocenters. The first-order chi connectivity index (χ1) is 9.79. The fraction of sp³-hybridized carbons (Fsp3) is 0.467. The first-order valence-electron chi connectivity index (χ1n) is 7.24. The summed E-state index contributed by atoms with van der Waals surface area (Å²) < 4.78 is 0. The summed E-state index contributed by atoms with van der Waals surface area (Å²) in [5, 5.41) is 3.37. The van der Waals surface area contributed by atoms with Crippen molar-refractivity contribution in [2.75, 3.05) is 19.6 Å². The van der Waals surface area contributed by atoms with Crippen LogP contribution in [0.4, 0.5) is 0 Å². The molecule has 106 valence electrons. The van der Waals surface area contributed by atoms with Gasteiger partial charge in [0.15, 0.2) is 0 Å². The molecule has 0 spiro atoms. The van der Waals surface area contributed by atoms with Crippen molar-refractivity contribution in [3.8, 4) is 0 Å². The summed E-state index contributed by atoms with van der Waals surface area (Å²) in [6, 6.07) is 5.96. The van der Waals surface area contributed by atoms with Gasteiger partial charge in [0, 0.05) is 24.7 Å². The van der Waals surface area contributed by atoms with Gasteiger partial charge in [0.25, 0.3) is 5.91 Å². The lowest BCUT2D eigenvalue weighted by Gasteiger charge is -2.34. The molecule has 1 aromatic carbocycles. The molecule has 2 N–H and O–H groups in total. The van der Waals surface area contributed by atoms with Gasteiger partial charge in [-0.2, -0.15) is 0 Å². The van der Waals surface area contributed by atoms with E-state index >= 15 is 0 Å². The Morgan fingerprint density at radius 2 is 2.40 bits per heavy atom. The molecular weight excluding hydrogens is 252 g/mol. The molecule has 1 amide bonds. The summed E-state index contributed by atoms with van der Waals surface area (Å²) in [4.78, 5) is 21.9. The summed E-state index contributed by atoms with van der Waals surface area (Å²) in [5.41, 5.74) is 2.53. The molecule has 2 heterocycles. The molecule has 1 aromatic heterocycles. The van der Waals surface area contributed by atoms with E-state index in [2.05, 4.69) is 15.3 Å². The number of aromatic amines is 1. The highest BCUT2D eigenvalue weighted by Crippen LogP contribution is 2.17. The van der Waals surface area contributed by atoms with E-state index in [1.165, 1.54) is 0 Å². The molecule has 1 unspecified atom stereocenters. The van der Waals surface area contributed by atoms with Gasteiger partial charge in [0.2, 0.25) is 0 Å². The first kappa shape index (κ1) is 13.1. The maximum Gasteiger partial charge on any atom is 0.254 e. The molecule has 0 saturated carbocycles. The number of hydrogen-bond donors (Lipinski definition) is 2. The third-order valence-corrected chi connectivity index (χ3v) is 3.98. The summed E-state index contributed by atoms with van der Waals surface area (Å²) in [5.74, 6) is 0.109. The summed E-state index contributed by atoms with van der Waals surface area (Å²) in [7, 11) is 0. The third kappa shape index (κ3) is 2.41. The number of hydrogen-bond acceptors (Lipinski definition) is 3. The van der Waals surface area contributed by atoms with Crippen LogP contribution in [0.25, 0.3) is 11.0 Å². The maximum absolute atomic E-state index is 12.7. The number of likely N-dealkylation sites (N-methyl/N-ethyl adjacent to an activating group) is 1.